The Morgan fingerprint density at radius 2 is 2.00 bits per heavy atom. The summed E-state index contributed by atoms with van der Waals surface area (Å²) in [4.78, 5) is 22.1. The lowest BCUT2D eigenvalue weighted by Gasteiger charge is -2.24. The second-order valence-corrected chi connectivity index (χ2v) is 7.94. The van der Waals surface area contributed by atoms with E-state index in [0.29, 0.717) is 0 Å². The molecular formula is C24H29N5O. The standard InChI is InChI=1S/C24H29N5O/c1-2-12-29-14-13-28(18-22-9-11-26-27-22)17-21(24(29)30)15-19-6-3-4-8-23(19)20-7-5-10-25-16-20/h3-11,16,21H,2,12-15,17-18H2,1H3,(H,26,27)/t21-/m1/s1. The Bertz CT molecular complexity index is 941. The van der Waals surface area contributed by atoms with Crippen LogP contribution < -0.4 is 0 Å². The van der Waals surface area contributed by atoms with Gasteiger partial charge in [-0.2, -0.15) is 5.10 Å². The minimum atomic E-state index is -0.0696. The van der Waals surface area contributed by atoms with Crippen molar-refractivity contribution in [1.29, 1.82) is 0 Å². The smallest absolute Gasteiger partial charge is 0.227 e. The molecule has 1 aromatic carbocycles. The van der Waals surface area contributed by atoms with Crippen molar-refractivity contribution in [2.45, 2.75) is 26.3 Å². The minimum absolute atomic E-state index is 0.0696. The highest BCUT2D eigenvalue weighted by Crippen LogP contribution is 2.27. The van der Waals surface area contributed by atoms with Gasteiger partial charge in [0.15, 0.2) is 0 Å². The van der Waals surface area contributed by atoms with Crippen molar-refractivity contribution in [2.24, 2.45) is 5.92 Å². The number of rotatable bonds is 7. The van der Waals surface area contributed by atoms with E-state index in [1.807, 2.05) is 23.2 Å². The second-order valence-electron chi connectivity index (χ2n) is 7.94. The highest BCUT2D eigenvalue weighted by atomic mass is 16.2. The summed E-state index contributed by atoms with van der Waals surface area (Å²) < 4.78 is 0. The highest BCUT2D eigenvalue weighted by molar-refractivity contribution is 5.80. The molecule has 1 saturated heterocycles. The number of benzene rings is 1. The van der Waals surface area contributed by atoms with Crippen LogP contribution in [0.2, 0.25) is 0 Å². The van der Waals surface area contributed by atoms with Crippen molar-refractivity contribution in [3.05, 3.63) is 72.3 Å². The average Bonchev–Trinajstić information content (AvgIpc) is 3.24. The monoisotopic (exact) mass is 403 g/mol. The first-order valence-corrected chi connectivity index (χ1v) is 10.7. The van der Waals surface area contributed by atoms with Gasteiger partial charge in [0, 0.05) is 62.6 Å². The van der Waals surface area contributed by atoms with E-state index in [-0.39, 0.29) is 11.8 Å². The van der Waals surface area contributed by atoms with Crippen molar-refractivity contribution in [2.75, 3.05) is 26.2 Å². The van der Waals surface area contributed by atoms with Gasteiger partial charge < -0.3 is 4.90 Å². The largest absolute Gasteiger partial charge is 0.341 e. The molecular weight excluding hydrogens is 374 g/mol. The van der Waals surface area contributed by atoms with Gasteiger partial charge in [-0.05, 0) is 36.1 Å². The van der Waals surface area contributed by atoms with Crippen molar-refractivity contribution in [1.82, 2.24) is 25.0 Å². The summed E-state index contributed by atoms with van der Waals surface area (Å²) >= 11 is 0. The number of aromatic amines is 1. The lowest BCUT2D eigenvalue weighted by Crippen LogP contribution is -2.37. The summed E-state index contributed by atoms with van der Waals surface area (Å²) in [7, 11) is 0. The van der Waals surface area contributed by atoms with Gasteiger partial charge in [0.1, 0.15) is 0 Å². The molecule has 0 unspecified atom stereocenters. The summed E-state index contributed by atoms with van der Waals surface area (Å²) in [6, 6.07) is 14.4. The third kappa shape index (κ3) is 4.76. The number of H-pyrrole nitrogens is 1. The number of carbonyl (C=O) groups excluding carboxylic acids is 1. The summed E-state index contributed by atoms with van der Waals surface area (Å²) in [5.41, 5.74) is 4.53. The SMILES string of the molecule is CCCN1CCN(Cc2ccn[nH]2)C[C@@H](Cc2ccccc2-c2cccnc2)C1=O. The second kappa shape index (κ2) is 9.67. The third-order valence-corrected chi connectivity index (χ3v) is 5.73. The molecule has 1 atom stereocenters. The Hall–Kier alpha value is -2.99. The number of nitrogens with one attached hydrogen (secondary N) is 1. The maximum Gasteiger partial charge on any atom is 0.227 e. The van der Waals surface area contributed by atoms with E-state index < -0.39 is 0 Å². The molecule has 156 valence electrons. The Morgan fingerprint density at radius 3 is 2.77 bits per heavy atom. The molecule has 0 aliphatic carbocycles. The number of carbonyl (C=O) groups is 1. The number of pyridine rings is 1. The molecule has 0 saturated carbocycles. The van der Waals surface area contributed by atoms with Crippen molar-refractivity contribution < 1.29 is 4.79 Å². The van der Waals surface area contributed by atoms with Crippen LogP contribution in [0.3, 0.4) is 0 Å². The molecule has 2 aromatic heterocycles. The average molecular weight is 404 g/mol. The van der Waals surface area contributed by atoms with E-state index in [4.69, 9.17) is 0 Å². The highest BCUT2D eigenvalue weighted by Gasteiger charge is 2.30. The molecule has 0 radical (unpaired) electrons. The van der Waals surface area contributed by atoms with Gasteiger partial charge >= 0.3 is 0 Å². The summed E-state index contributed by atoms with van der Waals surface area (Å²) in [6.07, 6.45) is 7.16. The first-order chi connectivity index (χ1) is 14.7. The van der Waals surface area contributed by atoms with E-state index in [1.54, 1.807) is 12.4 Å². The molecule has 1 aliphatic rings. The van der Waals surface area contributed by atoms with E-state index in [1.165, 1.54) is 5.56 Å². The number of hydrogen-bond donors (Lipinski definition) is 1. The molecule has 1 fully saturated rings. The predicted octanol–water partition coefficient (Wildman–Crippen LogP) is 3.38. The van der Waals surface area contributed by atoms with Crippen LogP contribution in [-0.4, -0.2) is 57.1 Å². The quantitative estimate of drug-likeness (QED) is 0.657. The van der Waals surface area contributed by atoms with Gasteiger partial charge in [0.2, 0.25) is 5.91 Å². The third-order valence-electron chi connectivity index (χ3n) is 5.73. The molecule has 30 heavy (non-hydrogen) atoms. The number of aromatic nitrogens is 3. The normalized spacial score (nSPS) is 17.8. The predicted molar refractivity (Wildman–Crippen MR) is 118 cm³/mol. The van der Waals surface area contributed by atoms with E-state index in [2.05, 4.69) is 57.3 Å². The Morgan fingerprint density at radius 1 is 1.10 bits per heavy atom. The lowest BCUT2D eigenvalue weighted by molar-refractivity contribution is -0.134. The Kier molecular flexibility index (Phi) is 6.54. The van der Waals surface area contributed by atoms with Gasteiger partial charge in [-0.1, -0.05) is 37.3 Å². The van der Waals surface area contributed by atoms with Crippen LogP contribution >= 0.6 is 0 Å². The van der Waals surface area contributed by atoms with Crippen LogP contribution in [0.25, 0.3) is 11.1 Å². The zero-order valence-electron chi connectivity index (χ0n) is 17.5. The molecule has 1 N–H and O–H groups in total. The summed E-state index contributed by atoms with van der Waals surface area (Å²) in [6.45, 7) is 6.14. The molecule has 3 heterocycles. The van der Waals surface area contributed by atoms with Gasteiger partial charge in [-0.3, -0.25) is 19.8 Å². The zero-order valence-corrected chi connectivity index (χ0v) is 17.5. The number of hydrogen-bond acceptors (Lipinski definition) is 4. The molecule has 1 amide bonds. The van der Waals surface area contributed by atoms with Gasteiger partial charge in [0.05, 0.1) is 5.92 Å². The van der Waals surface area contributed by atoms with Crippen LogP contribution in [0.1, 0.15) is 24.6 Å². The fourth-order valence-corrected chi connectivity index (χ4v) is 4.28. The fourth-order valence-electron chi connectivity index (χ4n) is 4.28. The Balaban J connectivity index is 1.59. The van der Waals surface area contributed by atoms with Gasteiger partial charge in [0.25, 0.3) is 0 Å². The van der Waals surface area contributed by atoms with Crippen molar-refractivity contribution >= 4 is 5.91 Å². The van der Waals surface area contributed by atoms with Gasteiger partial charge in [-0.15, -0.1) is 0 Å². The molecule has 6 heteroatoms. The molecule has 3 aromatic rings. The zero-order chi connectivity index (χ0) is 20.8. The molecule has 1 aliphatic heterocycles. The number of amides is 1. The summed E-state index contributed by atoms with van der Waals surface area (Å²) in [5, 5.41) is 7.12. The van der Waals surface area contributed by atoms with Crippen LogP contribution in [0, 0.1) is 5.92 Å². The van der Waals surface area contributed by atoms with Crippen LogP contribution in [0.15, 0.2) is 61.1 Å². The van der Waals surface area contributed by atoms with Crippen molar-refractivity contribution in [3.63, 3.8) is 0 Å². The number of nitrogens with zero attached hydrogens (tertiary/aromatic N) is 4. The Labute approximate surface area is 177 Å². The van der Waals surface area contributed by atoms with E-state index >= 15 is 0 Å². The molecule has 4 rings (SSSR count). The van der Waals surface area contributed by atoms with Gasteiger partial charge in [-0.25, -0.2) is 0 Å². The molecule has 0 spiro atoms. The first kappa shape index (κ1) is 20.3. The maximum absolute atomic E-state index is 13.4. The molecule has 0 bridgehead atoms. The van der Waals surface area contributed by atoms with E-state index in [0.717, 1.165) is 62.4 Å². The van der Waals surface area contributed by atoms with Crippen LogP contribution in [-0.2, 0) is 17.8 Å². The van der Waals surface area contributed by atoms with E-state index in [9.17, 15) is 4.79 Å². The lowest BCUT2D eigenvalue weighted by atomic mass is 9.91. The van der Waals surface area contributed by atoms with Crippen molar-refractivity contribution in [3.8, 4) is 11.1 Å². The maximum atomic E-state index is 13.4. The van der Waals surface area contributed by atoms with Crippen LogP contribution in [0.4, 0.5) is 0 Å². The van der Waals surface area contributed by atoms with Crippen LogP contribution in [0.5, 0.6) is 0 Å². The first-order valence-electron chi connectivity index (χ1n) is 10.7. The summed E-state index contributed by atoms with van der Waals surface area (Å²) in [5.74, 6) is 0.199. The minimum Gasteiger partial charge on any atom is -0.341 e. The molecule has 6 nitrogen and oxygen atoms in total. The topological polar surface area (TPSA) is 65.1 Å². The fraction of sp³-hybridized carbons (Fsp3) is 0.375.